The number of carbonyl (C=O) groups excluding carboxylic acids is 1. The van der Waals surface area contributed by atoms with E-state index < -0.39 is 0 Å². The summed E-state index contributed by atoms with van der Waals surface area (Å²) in [6, 6.07) is 5.01. The molecular formula is C9H10N2O2. The van der Waals surface area contributed by atoms with Gasteiger partial charge in [-0.25, -0.2) is 4.98 Å². The van der Waals surface area contributed by atoms with Crippen molar-refractivity contribution >= 4 is 11.5 Å². The largest absolute Gasteiger partial charge is 0.411 e. The molecule has 0 radical (unpaired) electrons. The number of carbonyl (C=O) groups is 1. The Kier molecular flexibility index (Phi) is 2.74. The van der Waals surface area contributed by atoms with Crippen LogP contribution in [-0.2, 0) is 0 Å². The zero-order valence-corrected chi connectivity index (χ0v) is 7.48. The predicted octanol–water partition coefficient (Wildman–Crippen LogP) is 1.48. The normalized spacial score (nSPS) is 11.4. The molecule has 0 bridgehead atoms. The number of ketones is 1. The van der Waals surface area contributed by atoms with Crippen molar-refractivity contribution in [2.45, 2.75) is 13.8 Å². The zero-order valence-electron chi connectivity index (χ0n) is 7.48. The molecule has 1 heterocycles. The summed E-state index contributed by atoms with van der Waals surface area (Å²) in [5.41, 5.74) is 1.28. The van der Waals surface area contributed by atoms with E-state index in [0.717, 1.165) is 0 Å². The maximum Gasteiger partial charge on any atom is 0.178 e. The van der Waals surface area contributed by atoms with E-state index in [1.807, 2.05) is 0 Å². The Balaban J connectivity index is 3.13. The molecular weight excluding hydrogens is 168 g/mol. The second kappa shape index (κ2) is 3.80. The molecule has 0 fully saturated rings. The lowest BCUT2D eigenvalue weighted by Crippen LogP contribution is -2.03. The van der Waals surface area contributed by atoms with Crippen LogP contribution in [0, 0.1) is 0 Å². The Morgan fingerprint density at radius 3 is 2.54 bits per heavy atom. The molecule has 0 saturated heterocycles. The molecule has 0 atom stereocenters. The van der Waals surface area contributed by atoms with Gasteiger partial charge in [-0.3, -0.25) is 4.79 Å². The van der Waals surface area contributed by atoms with Crippen molar-refractivity contribution in [3.8, 4) is 0 Å². The summed E-state index contributed by atoms with van der Waals surface area (Å²) in [5, 5.41) is 11.5. The molecule has 1 N–H and O–H groups in total. The molecule has 0 spiro atoms. The number of rotatable bonds is 2. The Bertz CT molecular complexity index is 358. The third-order valence-electron chi connectivity index (χ3n) is 1.63. The molecule has 0 amide bonds. The molecule has 0 aliphatic carbocycles. The number of oxime groups is 1. The number of Topliss-reactive ketones (excluding diaryl/α,β-unsaturated/α-hetero) is 1. The fraction of sp³-hybridized carbons (Fsp3) is 0.222. The first-order chi connectivity index (χ1) is 6.15. The van der Waals surface area contributed by atoms with E-state index in [2.05, 4.69) is 10.1 Å². The van der Waals surface area contributed by atoms with Gasteiger partial charge in [-0.05, 0) is 19.1 Å². The zero-order chi connectivity index (χ0) is 9.84. The Labute approximate surface area is 75.9 Å². The van der Waals surface area contributed by atoms with Crippen molar-refractivity contribution in [2.75, 3.05) is 0 Å². The van der Waals surface area contributed by atoms with Crippen molar-refractivity contribution in [3.05, 3.63) is 29.6 Å². The van der Waals surface area contributed by atoms with Crippen LogP contribution in [0.15, 0.2) is 23.4 Å². The van der Waals surface area contributed by atoms with E-state index in [4.69, 9.17) is 5.21 Å². The van der Waals surface area contributed by atoms with E-state index in [1.165, 1.54) is 6.92 Å². The van der Waals surface area contributed by atoms with Gasteiger partial charge in [0.2, 0.25) is 0 Å². The number of aromatic nitrogens is 1. The summed E-state index contributed by atoms with van der Waals surface area (Å²) in [7, 11) is 0. The topological polar surface area (TPSA) is 62.5 Å². The second-order valence-electron chi connectivity index (χ2n) is 2.65. The standard InChI is InChI=1S/C9H10N2O2/c1-6(11-13)8-4-3-5-9(10-8)7(2)12/h3-5,13H,1-2H3/b11-6+. The molecule has 0 saturated carbocycles. The van der Waals surface area contributed by atoms with Crippen LogP contribution >= 0.6 is 0 Å². The first-order valence-electron chi connectivity index (χ1n) is 3.82. The van der Waals surface area contributed by atoms with Crippen LogP contribution in [-0.4, -0.2) is 21.7 Å². The first kappa shape index (κ1) is 9.38. The lowest BCUT2D eigenvalue weighted by molar-refractivity contribution is 0.101. The highest BCUT2D eigenvalue weighted by atomic mass is 16.4. The molecule has 1 aromatic rings. The van der Waals surface area contributed by atoms with Gasteiger partial charge in [0.25, 0.3) is 0 Å². The maximum atomic E-state index is 10.9. The Morgan fingerprint density at radius 1 is 1.38 bits per heavy atom. The maximum absolute atomic E-state index is 10.9. The molecule has 4 nitrogen and oxygen atoms in total. The molecule has 1 rings (SSSR count). The summed E-state index contributed by atoms with van der Waals surface area (Å²) in [5.74, 6) is -0.104. The lowest BCUT2D eigenvalue weighted by Gasteiger charge is -1.99. The van der Waals surface area contributed by atoms with Gasteiger partial charge in [-0.15, -0.1) is 0 Å². The van der Waals surface area contributed by atoms with Crippen LogP contribution in [0.2, 0.25) is 0 Å². The van der Waals surface area contributed by atoms with E-state index >= 15 is 0 Å². The highest BCUT2D eigenvalue weighted by molar-refractivity contribution is 5.98. The summed E-state index contributed by atoms with van der Waals surface area (Å²) in [6.07, 6.45) is 0. The summed E-state index contributed by atoms with van der Waals surface area (Å²) in [6.45, 7) is 3.06. The van der Waals surface area contributed by atoms with Gasteiger partial charge in [0.1, 0.15) is 11.4 Å². The summed E-state index contributed by atoms with van der Waals surface area (Å²) >= 11 is 0. The number of pyridine rings is 1. The molecule has 68 valence electrons. The van der Waals surface area contributed by atoms with Gasteiger partial charge >= 0.3 is 0 Å². The van der Waals surface area contributed by atoms with E-state index in [9.17, 15) is 4.79 Å². The molecule has 4 heteroatoms. The average Bonchev–Trinajstić information content (AvgIpc) is 2.17. The van der Waals surface area contributed by atoms with Crippen molar-refractivity contribution in [1.29, 1.82) is 0 Å². The summed E-state index contributed by atoms with van der Waals surface area (Å²) < 4.78 is 0. The van der Waals surface area contributed by atoms with Crippen LogP contribution in [0.25, 0.3) is 0 Å². The van der Waals surface area contributed by atoms with Crippen LogP contribution in [0.3, 0.4) is 0 Å². The first-order valence-corrected chi connectivity index (χ1v) is 3.82. The van der Waals surface area contributed by atoms with Gasteiger partial charge < -0.3 is 5.21 Å². The fourth-order valence-electron chi connectivity index (χ4n) is 0.884. The van der Waals surface area contributed by atoms with Crippen molar-refractivity contribution in [3.63, 3.8) is 0 Å². The quantitative estimate of drug-likeness (QED) is 0.323. The third-order valence-corrected chi connectivity index (χ3v) is 1.63. The highest BCUT2D eigenvalue weighted by Gasteiger charge is 2.04. The van der Waals surface area contributed by atoms with Gasteiger partial charge in [0.15, 0.2) is 5.78 Å². The van der Waals surface area contributed by atoms with Gasteiger partial charge in [0.05, 0.1) is 5.69 Å². The minimum Gasteiger partial charge on any atom is -0.411 e. The molecule has 0 unspecified atom stereocenters. The SMILES string of the molecule is CC(=O)c1cccc(/C(C)=N/O)n1. The fourth-order valence-corrected chi connectivity index (χ4v) is 0.884. The molecule has 13 heavy (non-hydrogen) atoms. The molecule has 0 aliphatic heterocycles. The van der Waals surface area contributed by atoms with Crippen molar-refractivity contribution in [1.82, 2.24) is 4.98 Å². The van der Waals surface area contributed by atoms with Crippen LogP contribution in [0.5, 0.6) is 0 Å². The Morgan fingerprint density at radius 2 is 2.00 bits per heavy atom. The van der Waals surface area contributed by atoms with E-state index in [0.29, 0.717) is 17.1 Å². The molecule has 0 aromatic carbocycles. The van der Waals surface area contributed by atoms with Crippen LogP contribution < -0.4 is 0 Å². The number of hydrogen-bond donors (Lipinski definition) is 1. The van der Waals surface area contributed by atoms with Gasteiger partial charge in [0, 0.05) is 6.92 Å². The van der Waals surface area contributed by atoms with Gasteiger partial charge in [-0.2, -0.15) is 0 Å². The predicted molar refractivity (Wildman–Crippen MR) is 48.2 cm³/mol. The number of nitrogens with zero attached hydrogens (tertiary/aromatic N) is 2. The number of hydrogen-bond acceptors (Lipinski definition) is 4. The van der Waals surface area contributed by atoms with Crippen molar-refractivity contribution < 1.29 is 10.0 Å². The lowest BCUT2D eigenvalue weighted by atomic mass is 10.2. The smallest absolute Gasteiger partial charge is 0.178 e. The monoisotopic (exact) mass is 178 g/mol. The second-order valence-corrected chi connectivity index (χ2v) is 2.65. The van der Waals surface area contributed by atoms with E-state index in [-0.39, 0.29) is 5.78 Å². The average molecular weight is 178 g/mol. The molecule has 1 aromatic heterocycles. The van der Waals surface area contributed by atoms with Crippen molar-refractivity contribution in [2.24, 2.45) is 5.16 Å². The molecule has 0 aliphatic rings. The Hall–Kier alpha value is -1.71. The van der Waals surface area contributed by atoms with Crippen LogP contribution in [0.1, 0.15) is 30.0 Å². The minimum atomic E-state index is -0.104. The third kappa shape index (κ3) is 2.11. The van der Waals surface area contributed by atoms with Gasteiger partial charge in [-0.1, -0.05) is 11.2 Å². The highest BCUT2D eigenvalue weighted by Crippen LogP contribution is 2.01. The van der Waals surface area contributed by atoms with E-state index in [1.54, 1.807) is 25.1 Å². The van der Waals surface area contributed by atoms with Crippen LogP contribution in [0.4, 0.5) is 0 Å². The minimum absolute atomic E-state index is 0.104. The summed E-state index contributed by atoms with van der Waals surface area (Å²) in [4.78, 5) is 14.9.